The Bertz CT molecular complexity index is 989. The number of methoxy groups -OCH3 is 1. The summed E-state index contributed by atoms with van der Waals surface area (Å²) in [5.41, 5.74) is 0.985. The van der Waals surface area contributed by atoms with Crippen LogP contribution in [0.3, 0.4) is 0 Å². The van der Waals surface area contributed by atoms with E-state index in [1.807, 2.05) is 18.2 Å². The van der Waals surface area contributed by atoms with Gasteiger partial charge in [-0.1, -0.05) is 53.7 Å². The number of nitrogens with zero attached hydrogens (tertiary/aromatic N) is 2. The lowest BCUT2D eigenvalue weighted by molar-refractivity contribution is 0.102. The number of hydrogen-bond acceptors (Lipinski definition) is 5. The van der Waals surface area contributed by atoms with Gasteiger partial charge in [0.25, 0.3) is 5.56 Å². The summed E-state index contributed by atoms with van der Waals surface area (Å²) in [7, 11) is 1.57. The van der Waals surface area contributed by atoms with Crippen LogP contribution in [0.5, 0.6) is 0 Å². The topological polar surface area (TPSA) is 61.2 Å². The van der Waals surface area contributed by atoms with Crippen molar-refractivity contribution in [3.05, 3.63) is 69.5 Å². The maximum atomic E-state index is 12.8. The maximum absolute atomic E-state index is 12.8. The van der Waals surface area contributed by atoms with E-state index in [4.69, 9.17) is 16.3 Å². The second-order valence-electron chi connectivity index (χ2n) is 5.58. The number of ketones is 1. The lowest BCUT2D eigenvalue weighted by Gasteiger charge is -2.12. The fraction of sp³-hybridized carbons (Fsp3) is 0.211. The molecule has 0 aliphatic rings. The lowest BCUT2D eigenvalue weighted by atomic mass is 10.2. The molecule has 0 N–H and O–H groups in total. The molecule has 3 aromatic rings. The van der Waals surface area contributed by atoms with Crippen molar-refractivity contribution in [2.75, 3.05) is 19.5 Å². The predicted molar refractivity (Wildman–Crippen MR) is 104 cm³/mol. The molecule has 0 unspecified atom stereocenters. The second kappa shape index (κ2) is 8.49. The van der Waals surface area contributed by atoms with Crippen LogP contribution in [0, 0.1) is 0 Å². The van der Waals surface area contributed by atoms with Gasteiger partial charge >= 0.3 is 0 Å². The van der Waals surface area contributed by atoms with E-state index in [1.54, 1.807) is 42.0 Å². The van der Waals surface area contributed by atoms with Gasteiger partial charge in [-0.3, -0.25) is 14.2 Å². The first-order valence-corrected chi connectivity index (χ1v) is 9.36. The van der Waals surface area contributed by atoms with E-state index in [-0.39, 0.29) is 17.1 Å². The average Bonchev–Trinajstić information content (AvgIpc) is 2.66. The number of benzene rings is 2. The van der Waals surface area contributed by atoms with Gasteiger partial charge in [0, 0.05) is 17.7 Å². The Balaban J connectivity index is 1.94. The Kier molecular flexibility index (Phi) is 6.08. The highest BCUT2D eigenvalue weighted by Gasteiger charge is 2.14. The Labute approximate surface area is 160 Å². The summed E-state index contributed by atoms with van der Waals surface area (Å²) < 4.78 is 6.64. The molecule has 0 saturated heterocycles. The van der Waals surface area contributed by atoms with Gasteiger partial charge in [-0.25, -0.2) is 4.98 Å². The van der Waals surface area contributed by atoms with Gasteiger partial charge in [0.1, 0.15) is 0 Å². The largest absolute Gasteiger partial charge is 0.383 e. The van der Waals surface area contributed by atoms with E-state index in [0.717, 1.165) is 0 Å². The number of ether oxygens (including phenoxy) is 1. The third-order valence-corrected chi connectivity index (χ3v) is 5.04. The van der Waals surface area contributed by atoms with Crippen LogP contribution in [0.15, 0.2) is 58.5 Å². The average molecular weight is 389 g/mol. The Morgan fingerprint density at radius 3 is 2.73 bits per heavy atom. The van der Waals surface area contributed by atoms with E-state index in [0.29, 0.717) is 39.8 Å². The minimum atomic E-state index is -0.168. The number of thioether (sulfide) groups is 1. The summed E-state index contributed by atoms with van der Waals surface area (Å²) in [5.74, 6) is 0.171. The van der Waals surface area contributed by atoms with E-state index >= 15 is 0 Å². The van der Waals surface area contributed by atoms with Gasteiger partial charge in [0.15, 0.2) is 10.9 Å². The zero-order chi connectivity index (χ0) is 18.5. The molecule has 3 rings (SSSR count). The number of fused-ring (bicyclic) bond motifs is 1. The highest BCUT2D eigenvalue weighted by molar-refractivity contribution is 7.99. The molecular formula is C19H17ClN2O3S. The van der Waals surface area contributed by atoms with Crippen molar-refractivity contribution in [1.82, 2.24) is 9.55 Å². The van der Waals surface area contributed by atoms with Crippen LogP contribution >= 0.6 is 23.4 Å². The summed E-state index contributed by atoms with van der Waals surface area (Å²) >= 11 is 7.26. The van der Waals surface area contributed by atoms with Gasteiger partial charge in [-0.15, -0.1) is 0 Å². The molecule has 1 heterocycles. The van der Waals surface area contributed by atoms with Crippen LogP contribution in [-0.4, -0.2) is 34.8 Å². The fourth-order valence-electron chi connectivity index (χ4n) is 2.50. The van der Waals surface area contributed by atoms with Crippen molar-refractivity contribution in [3.8, 4) is 0 Å². The minimum Gasteiger partial charge on any atom is -0.383 e. The third kappa shape index (κ3) is 4.15. The van der Waals surface area contributed by atoms with Crippen LogP contribution in [0.4, 0.5) is 0 Å². The molecule has 0 spiro atoms. The minimum absolute atomic E-state index is 0.0191. The standard InChI is InChI=1S/C19H17ClN2O3S/c1-25-10-9-22-18(24)15-8-7-14(20)11-16(15)21-19(22)26-12-17(23)13-5-3-2-4-6-13/h2-8,11H,9-10,12H2,1H3. The van der Waals surface area contributed by atoms with Crippen molar-refractivity contribution in [2.24, 2.45) is 0 Å². The normalized spacial score (nSPS) is 11.0. The van der Waals surface area contributed by atoms with Crippen molar-refractivity contribution in [1.29, 1.82) is 0 Å². The molecule has 0 atom stereocenters. The summed E-state index contributed by atoms with van der Waals surface area (Å²) in [4.78, 5) is 29.7. The second-order valence-corrected chi connectivity index (χ2v) is 6.96. The summed E-state index contributed by atoms with van der Waals surface area (Å²) in [5, 5.41) is 1.48. The van der Waals surface area contributed by atoms with Gasteiger partial charge in [-0.05, 0) is 18.2 Å². The Morgan fingerprint density at radius 1 is 1.23 bits per heavy atom. The fourth-order valence-corrected chi connectivity index (χ4v) is 3.59. The van der Waals surface area contributed by atoms with E-state index < -0.39 is 0 Å². The van der Waals surface area contributed by atoms with Crippen LogP contribution in [0.1, 0.15) is 10.4 Å². The molecule has 2 aromatic carbocycles. The Morgan fingerprint density at radius 2 is 2.00 bits per heavy atom. The molecule has 0 radical (unpaired) electrons. The lowest BCUT2D eigenvalue weighted by Crippen LogP contribution is -2.25. The summed E-state index contributed by atoms with van der Waals surface area (Å²) in [6.07, 6.45) is 0. The quantitative estimate of drug-likeness (QED) is 0.351. The van der Waals surface area contributed by atoms with Crippen LogP contribution in [-0.2, 0) is 11.3 Å². The molecule has 5 nitrogen and oxygen atoms in total. The number of carbonyl (C=O) groups excluding carboxylic acids is 1. The number of rotatable bonds is 7. The maximum Gasteiger partial charge on any atom is 0.262 e. The van der Waals surface area contributed by atoms with E-state index in [1.165, 1.54) is 11.8 Å². The first kappa shape index (κ1) is 18.6. The predicted octanol–water partition coefficient (Wildman–Crippen LogP) is 3.67. The molecule has 0 amide bonds. The molecular weight excluding hydrogens is 372 g/mol. The van der Waals surface area contributed by atoms with E-state index in [9.17, 15) is 9.59 Å². The van der Waals surface area contributed by atoms with Crippen molar-refractivity contribution >= 4 is 40.0 Å². The SMILES string of the molecule is COCCn1c(SCC(=O)c2ccccc2)nc2cc(Cl)ccc2c1=O. The Hall–Kier alpha value is -2.15. The first-order valence-electron chi connectivity index (χ1n) is 8.00. The molecule has 1 aromatic heterocycles. The molecule has 7 heteroatoms. The first-order chi connectivity index (χ1) is 12.6. The molecule has 26 heavy (non-hydrogen) atoms. The molecule has 0 fully saturated rings. The summed E-state index contributed by atoms with van der Waals surface area (Å²) in [6, 6.07) is 14.0. The molecule has 0 saturated carbocycles. The van der Waals surface area contributed by atoms with Gasteiger partial charge in [-0.2, -0.15) is 0 Å². The number of Topliss-reactive ketones (excluding diaryl/α,β-unsaturated/α-hetero) is 1. The number of halogens is 1. The zero-order valence-electron chi connectivity index (χ0n) is 14.1. The molecule has 0 aliphatic heterocycles. The zero-order valence-corrected chi connectivity index (χ0v) is 15.7. The van der Waals surface area contributed by atoms with Crippen molar-refractivity contribution in [2.45, 2.75) is 11.7 Å². The smallest absolute Gasteiger partial charge is 0.262 e. The number of hydrogen-bond donors (Lipinski definition) is 0. The molecule has 134 valence electrons. The van der Waals surface area contributed by atoms with E-state index in [2.05, 4.69) is 4.98 Å². The third-order valence-electron chi connectivity index (χ3n) is 3.83. The highest BCUT2D eigenvalue weighted by atomic mass is 35.5. The number of carbonyl (C=O) groups is 1. The van der Waals surface area contributed by atoms with Gasteiger partial charge in [0.05, 0.1) is 29.8 Å². The number of aromatic nitrogens is 2. The van der Waals surface area contributed by atoms with Crippen LogP contribution < -0.4 is 5.56 Å². The van der Waals surface area contributed by atoms with Crippen LogP contribution in [0.25, 0.3) is 10.9 Å². The van der Waals surface area contributed by atoms with Gasteiger partial charge < -0.3 is 4.74 Å². The highest BCUT2D eigenvalue weighted by Crippen LogP contribution is 2.21. The van der Waals surface area contributed by atoms with Crippen LogP contribution in [0.2, 0.25) is 5.02 Å². The molecule has 0 aliphatic carbocycles. The van der Waals surface area contributed by atoms with Crippen molar-refractivity contribution in [3.63, 3.8) is 0 Å². The monoisotopic (exact) mass is 388 g/mol. The molecule has 0 bridgehead atoms. The van der Waals surface area contributed by atoms with Gasteiger partial charge in [0.2, 0.25) is 0 Å². The van der Waals surface area contributed by atoms with Crippen molar-refractivity contribution < 1.29 is 9.53 Å². The summed E-state index contributed by atoms with van der Waals surface area (Å²) in [6.45, 7) is 0.740.